The average molecular weight is 191 g/mol. The predicted octanol–water partition coefficient (Wildman–Crippen LogP) is 3.36. The van der Waals surface area contributed by atoms with Crippen LogP contribution in [0, 0.1) is 0 Å². The average Bonchev–Trinajstić information content (AvgIpc) is 2.17. The lowest BCUT2D eigenvalue weighted by Gasteiger charge is -2.10. The second kappa shape index (κ2) is 6.39. The van der Waals surface area contributed by atoms with Crippen molar-refractivity contribution in [3.63, 3.8) is 0 Å². The Hall–Kier alpha value is -1.08. The second-order valence-corrected chi connectivity index (χ2v) is 3.47. The topological polar surface area (TPSA) is 26.0 Å². The standard InChI is InChI=1S/C13H21N/c1-6-8-13(11(5)10(3)4)12(7-2)9-14/h6-8H,2,9,14H2,1,3-5H3/b8-6-,13-12-. The smallest absolute Gasteiger partial charge is 0.0183 e. The quantitative estimate of drug-likeness (QED) is 0.677. The van der Waals surface area contributed by atoms with Crippen LogP contribution in [0.3, 0.4) is 0 Å². The molecule has 0 saturated heterocycles. The van der Waals surface area contributed by atoms with Crippen LogP contribution in [-0.4, -0.2) is 6.54 Å². The zero-order valence-electron chi connectivity index (χ0n) is 9.72. The van der Waals surface area contributed by atoms with Crippen molar-refractivity contribution in [2.45, 2.75) is 27.7 Å². The largest absolute Gasteiger partial charge is 0.326 e. The molecule has 0 aliphatic carbocycles. The minimum absolute atomic E-state index is 0.536. The Balaban J connectivity index is 5.45. The van der Waals surface area contributed by atoms with Gasteiger partial charge in [-0.1, -0.05) is 30.4 Å². The van der Waals surface area contributed by atoms with Gasteiger partial charge in [-0.2, -0.15) is 0 Å². The highest BCUT2D eigenvalue weighted by molar-refractivity contribution is 5.47. The van der Waals surface area contributed by atoms with E-state index >= 15 is 0 Å². The van der Waals surface area contributed by atoms with Crippen LogP contribution < -0.4 is 5.73 Å². The first-order chi connectivity index (χ1) is 6.58. The molecule has 0 spiro atoms. The fourth-order valence-corrected chi connectivity index (χ4v) is 1.21. The molecule has 0 fully saturated rings. The molecule has 0 heterocycles. The Morgan fingerprint density at radius 3 is 2.14 bits per heavy atom. The van der Waals surface area contributed by atoms with E-state index in [4.69, 9.17) is 5.73 Å². The van der Waals surface area contributed by atoms with Crippen molar-refractivity contribution in [1.29, 1.82) is 0 Å². The summed E-state index contributed by atoms with van der Waals surface area (Å²) in [6.45, 7) is 12.7. The highest BCUT2D eigenvalue weighted by Gasteiger charge is 2.02. The zero-order chi connectivity index (χ0) is 11.1. The van der Waals surface area contributed by atoms with E-state index < -0.39 is 0 Å². The third-order valence-electron chi connectivity index (χ3n) is 2.30. The van der Waals surface area contributed by atoms with Crippen LogP contribution in [-0.2, 0) is 0 Å². The van der Waals surface area contributed by atoms with E-state index in [-0.39, 0.29) is 0 Å². The molecular weight excluding hydrogens is 170 g/mol. The normalized spacial score (nSPS) is 12.6. The van der Waals surface area contributed by atoms with Crippen LogP contribution in [0.5, 0.6) is 0 Å². The van der Waals surface area contributed by atoms with Gasteiger partial charge in [0, 0.05) is 6.54 Å². The van der Waals surface area contributed by atoms with Crippen molar-refractivity contribution in [3.05, 3.63) is 47.1 Å². The van der Waals surface area contributed by atoms with Gasteiger partial charge in [0.2, 0.25) is 0 Å². The van der Waals surface area contributed by atoms with Crippen molar-refractivity contribution in [3.8, 4) is 0 Å². The molecule has 0 aromatic rings. The lowest BCUT2D eigenvalue weighted by atomic mass is 9.97. The van der Waals surface area contributed by atoms with Crippen molar-refractivity contribution in [1.82, 2.24) is 0 Å². The first kappa shape index (κ1) is 12.9. The highest BCUT2D eigenvalue weighted by atomic mass is 14.5. The number of hydrogen-bond donors (Lipinski definition) is 1. The van der Waals surface area contributed by atoms with Gasteiger partial charge in [-0.25, -0.2) is 0 Å². The van der Waals surface area contributed by atoms with Gasteiger partial charge in [-0.15, -0.1) is 0 Å². The third-order valence-corrected chi connectivity index (χ3v) is 2.30. The Bertz CT molecular complexity index is 286. The van der Waals surface area contributed by atoms with Crippen LogP contribution in [0.4, 0.5) is 0 Å². The first-order valence-electron chi connectivity index (χ1n) is 4.91. The summed E-state index contributed by atoms with van der Waals surface area (Å²) in [6.07, 6.45) is 5.95. The Kier molecular flexibility index (Phi) is 5.89. The van der Waals surface area contributed by atoms with E-state index in [1.54, 1.807) is 0 Å². The summed E-state index contributed by atoms with van der Waals surface area (Å²) in [5, 5.41) is 0. The molecule has 0 aliphatic heterocycles. The summed E-state index contributed by atoms with van der Waals surface area (Å²) >= 11 is 0. The summed E-state index contributed by atoms with van der Waals surface area (Å²) < 4.78 is 0. The van der Waals surface area contributed by atoms with Crippen molar-refractivity contribution < 1.29 is 0 Å². The first-order valence-corrected chi connectivity index (χ1v) is 4.91. The van der Waals surface area contributed by atoms with Gasteiger partial charge in [0.1, 0.15) is 0 Å². The molecule has 78 valence electrons. The molecular formula is C13H21N. The molecule has 0 aromatic heterocycles. The fourth-order valence-electron chi connectivity index (χ4n) is 1.21. The Labute approximate surface area is 87.7 Å². The van der Waals surface area contributed by atoms with Crippen LogP contribution in [0.15, 0.2) is 47.1 Å². The molecule has 14 heavy (non-hydrogen) atoms. The van der Waals surface area contributed by atoms with Crippen LogP contribution in [0.1, 0.15) is 27.7 Å². The monoisotopic (exact) mass is 191 g/mol. The fraction of sp³-hybridized carbons (Fsp3) is 0.385. The lowest BCUT2D eigenvalue weighted by molar-refractivity contribution is 1.14. The third kappa shape index (κ3) is 3.35. The van der Waals surface area contributed by atoms with E-state index in [1.807, 2.05) is 19.1 Å². The molecule has 0 amide bonds. The summed E-state index contributed by atoms with van der Waals surface area (Å²) in [5.41, 5.74) is 10.6. The molecule has 0 bridgehead atoms. The molecule has 0 aromatic carbocycles. The molecule has 0 rings (SSSR count). The molecule has 0 radical (unpaired) electrons. The SMILES string of the molecule is C=C/C(CN)=C(\C=C/C)C(C)=C(C)C. The number of allylic oxidation sites excluding steroid dienone is 5. The van der Waals surface area contributed by atoms with E-state index in [2.05, 4.69) is 33.4 Å². The minimum atomic E-state index is 0.536. The van der Waals surface area contributed by atoms with Crippen molar-refractivity contribution in [2.75, 3.05) is 6.54 Å². The van der Waals surface area contributed by atoms with E-state index in [0.29, 0.717) is 6.54 Å². The maximum atomic E-state index is 5.67. The molecule has 1 nitrogen and oxygen atoms in total. The summed E-state index contributed by atoms with van der Waals surface area (Å²) in [7, 11) is 0. The van der Waals surface area contributed by atoms with Gasteiger partial charge in [0.25, 0.3) is 0 Å². The van der Waals surface area contributed by atoms with Gasteiger partial charge in [-0.05, 0) is 44.4 Å². The molecule has 0 aliphatic rings. The van der Waals surface area contributed by atoms with Gasteiger partial charge in [0.15, 0.2) is 0 Å². The molecule has 2 N–H and O–H groups in total. The maximum Gasteiger partial charge on any atom is 0.0183 e. The number of nitrogens with two attached hydrogens (primary N) is 1. The summed E-state index contributed by atoms with van der Waals surface area (Å²) in [4.78, 5) is 0. The number of hydrogen-bond acceptors (Lipinski definition) is 1. The molecule has 0 saturated carbocycles. The Morgan fingerprint density at radius 1 is 1.29 bits per heavy atom. The molecule has 0 atom stereocenters. The van der Waals surface area contributed by atoms with E-state index in [0.717, 1.165) is 5.57 Å². The van der Waals surface area contributed by atoms with Gasteiger partial charge in [-0.3, -0.25) is 0 Å². The molecule has 1 heteroatoms. The summed E-state index contributed by atoms with van der Waals surface area (Å²) in [6, 6.07) is 0. The second-order valence-electron chi connectivity index (χ2n) is 3.47. The van der Waals surface area contributed by atoms with Crippen molar-refractivity contribution >= 4 is 0 Å². The zero-order valence-corrected chi connectivity index (χ0v) is 9.72. The van der Waals surface area contributed by atoms with Crippen LogP contribution in [0.2, 0.25) is 0 Å². The van der Waals surface area contributed by atoms with Crippen molar-refractivity contribution in [2.24, 2.45) is 5.73 Å². The molecule has 0 unspecified atom stereocenters. The predicted molar refractivity (Wildman–Crippen MR) is 65.1 cm³/mol. The number of rotatable bonds is 4. The summed E-state index contributed by atoms with van der Waals surface area (Å²) in [5.74, 6) is 0. The van der Waals surface area contributed by atoms with Gasteiger partial charge >= 0.3 is 0 Å². The van der Waals surface area contributed by atoms with Gasteiger partial charge in [0.05, 0.1) is 0 Å². The van der Waals surface area contributed by atoms with Crippen LogP contribution >= 0.6 is 0 Å². The van der Waals surface area contributed by atoms with Crippen LogP contribution in [0.25, 0.3) is 0 Å². The van der Waals surface area contributed by atoms with E-state index in [1.165, 1.54) is 16.7 Å². The lowest BCUT2D eigenvalue weighted by Crippen LogP contribution is -2.04. The minimum Gasteiger partial charge on any atom is -0.326 e. The highest BCUT2D eigenvalue weighted by Crippen LogP contribution is 2.19. The maximum absolute atomic E-state index is 5.67. The van der Waals surface area contributed by atoms with Gasteiger partial charge < -0.3 is 5.73 Å². The Morgan fingerprint density at radius 2 is 1.86 bits per heavy atom. The van der Waals surface area contributed by atoms with E-state index in [9.17, 15) is 0 Å².